The number of hydrogen-bond acceptors (Lipinski definition) is 2. The van der Waals surface area contributed by atoms with Crippen molar-refractivity contribution < 1.29 is 9.90 Å². The molecule has 0 aromatic heterocycles. The number of aliphatic carboxylic acids is 1. The van der Waals surface area contributed by atoms with E-state index in [1.807, 2.05) is 18.2 Å². The second-order valence-corrected chi connectivity index (χ2v) is 5.21. The fraction of sp³-hybridized carbons (Fsp3) is 0.500. The van der Waals surface area contributed by atoms with Gasteiger partial charge in [0.1, 0.15) is 0 Å². The average Bonchev–Trinajstić information content (AvgIpc) is 2.66. The summed E-state index contributed by atoms with van der Waals surface area (Å²) in [5.41, 5.74) is 2.45. The van der Waals surface area contributed by atoms with Gasteiger partial charge in [0.15, 0.2) is 0 Å². The van der Waals surface area contributed by atoms with Crippen LogP contribution in [-0.4, -0.2) is 24.2 Å². The van der Waals surface area contributed by atoms with Crippen LogP contribution in [0.4, 0.5) is 0 Å². The van der Waals surface area contributed by atoms with Crippen molar-refractivity contribution in [2.24, 2.45) is 0 Å². The Hall–Kier alpha value is -1.06. The highest BCUT2D eigenvalue weighted by Crippen LogP contribution is 2.50. The lowest BCUT2D eigenvalue weighted by atomic mass is 9.74. The molecule has 1 aromatic carbocycles. The van der Waals surface area contributed by atoms with Gasteiger partial charge in [0.2, 0.25) is 0 Å². The number of carboxylic acids is 1. The molecule has 1 aliphatic heterocycles. The minimum Gasteiger partial charge on any atom is -0.481 e. The molecule has 2 N–H and O–H groups in total. The van der Waals surface area contributed by atoms with Gasteiger partial charge < -0.3 is 10.4 Å². The van der Waals surface area contributed by atoms with Crippen LogP contribution in [0.5, 0.6) is 0 Å². The third-order valence-corrected chi connectivity index (χ3v) is 4.36. The molecule has 1 unspecified atom stereocenters. The molecule has 0 amide bonds. The summed E-state index contributed by atoms with van der Waals surface area (Å²) < 4.78 is 0. The summed E-state index contributed by atoms with van der Waals surface area (Å²) in [7, 11) is 0. The molecule has 1 aromatic rings. The van der Waals surface area contributed by atoms with Gasteiger partial charge in [0.05, 0.1) is 5.92 Å². The Kier molecular flexibility index (Phi) is 3.64. The summed E-state index contributed by atoms with van der Waals surface area (Å²) in [5.74, 6) is -0.975. The Balaban J connectivity index is 0.00000120. The Morgan fingerprint density at radius 2 is 1.94 bits per heavy atom. The van der Waals surface area contributed by atoms with Gasteiger partial charge in [-0.2, -0.15) is 0 Å². The molecule has 2 aliphatic rings. The average molecular weight is 268 g/mol. The lowest BCUT2D eigenvalue weighted by Gasteiger charge is -2.35. The quantitative estimate of drug-likeness (QED) is 0.821. The number of hydrogen-bond donors (Lipinski definition) is 2. The maximum absolute atomic E-state index is 11.4. The zero-order chi connectivity index (χ0) is 11.9. The van der Waals surface area contributed by atoms with Crippen LogP contribution in [0.15, 0.2) is 24.3 Å². The van der Waals surface area contributed by atoms with Gasteiger partial charge in [0, 0.05) is 0 Å². The molecule has 0 saturated carbocycles. The van der Waals surface area contributed by atoms with E-state index in [1.54, 1.807) is 0 Å². The molecule has 18 heavy (non-hydrogen) atoms. The number of carboxylic acid groups (broad SMARTS) is 1. The molecule has 0 radical (unpaired) electrons. The van der Waals surface area contributed by atoms with Crippen molar-refractivity contribution in [3.8, 4) is 0 Å². The van der Waals surface area contributed by atoms with Crippen LogP contribution < -0.4 is 5.32 Å². The highest BCUT2D eigenvalue weighted by molar-refractivity contribution is 5.85. The SMILES string of the molecule is Cl.O=C(O)C1CC2(CCNCC2)c2ccccc21. The summed E-state index contributed by atoms with van der Waals surface area (Å²) >= 11 is 0. The highest BCUT2D eigenvalue weighted by Gasteiger charge is 2.46. The second kappa shape index (κ2) is 4.90. The zero-order valence-corrected chi connectivity index (χ0v) is 11.0. The third-order valence-electron chi connectivity index (χ3n) is 4.36. The molecule has 3 rings (SSSR count). The predicted molar refractivity (Wildman–Crippen MR) is 72.5 cm³/mol. The molecule has 3 nitrogen and oxygen atoms in total. The van der Waals surface area contributed by atoms with Gasteiger partial charge in [0.25, 0.3) is 0 Å². The second-order valence-electron chi connectivity index (χ2n) is 5.21. The van der Waals surface area contributed by atoms with E-state index in [0.29, 0.717) is 0 Å². The van der Waals surface area contributed by atoms with Crippen LogP contribution >= 0.6 is 12.4 Å². The molecule has 1 fully saturated rings. The number of halogens is 1. The van der Waals surface area contributed by atoms with Gasteiger partial charge in [-0.1, -0.05) is 24.3 Å². The summed E-state index contributed by atoms with van der Waals surface area (Å²) in [6, 6.07) is 8.11. The van der Waals surface area contributed by atoms with Crippen molar-refractivity contribution in [2.45, 2.75) is 30.6 Å². The van der Waals surface area contributed by atoms with Crippen LogP contribution in [0.1, 0.15) is 36.3 Å². The number of piperidine rings is 1. The van der Waals surface area contributed by atoms with Gasteiger partial charge >= 0.3 is 5.97 Å². The fourth-order valence-electron chi connectivity index (χ4n) is 3.49. The fourth-order valence-corrected chi connectivity index (χ4v) is 3.49. The molecule has 1 heterocycles. The molecule has 0 bridgehead atoms. The van der Waals surface area contributed by atoms with E-state index in [1.165, 1.54) is 5.56 Å². The van der Waals surface area contributed by atoms with E-state index in [9.17, 15) is 9.90 Å². The minimum absolute atomic E-state index is 0. The monoisotopic (exact) mass is 267 g/mol. The van der Waals surface area contributed by atoms with Crippen LogP contribution in [0.3, 0.4) is 0 Å². The van der Waals surface area contributed by atoms with Gasteiger partial charge in [-0.3, -0.25) is 4.79 Å². The molecule has 1 saturated heterocycles. The lowest BCUT2D eigenvalue weighted by molar-refractivity contribution is -0.139. The number of fused-ring (bicyclic) bond motifs is 2. The molecule has 1 atom stereocenters. The Labute approximate surface area is 113 Å². The topological polar surface area (TPSA) is 49.3 Å². The summed E-state index contributed by atoms with van der Waals surface area (Å²) in [6.45, 7) is 2.00. The normalized spacial score (nSPS) is 24.3. The van der Waals surface area contributed by atoms with Crippen LogP contribution in [0.2, 0.25) is 0 Å². The standard InChI is InChI=1S/C14H17NO2.ClH/c16-13(17)11-9-14(5-7-15-8-6-14)12-4-2-1-3-10(11)12;/h1-4,11,15H,5-9H2,(H,16,17);1H. The van der Waals surface area contributed by atoms with Crippen molar-refractivity contribution in [3.05, 3.63) is 35.4 Å². The summed E-state index contributed by atoms with van der Waals surface area (Å²) in [5, 5.41) is 12.7. The number of carbonyl (C=O) groups is 1. The largest absolute Gasteiger partial charge is 0.481 e. The lowest BCUT2D eigenvalue weighted by Crippen LogP contribution is -2.38. The number of benzene rings is 1. The Morgan fingerprint density at radius 3 is 2.61 bits per heavy atom. The van der Waals surface area contributed by atoms with Crippen LogP contribution in [-0.2, 0) is 10.2 Å². The molecule has 98 valence electrons. The van der Waals surface area contributed by atoms with E-state index in [0.717, 1.165) is 37.9 Å². The highest BCUT2D eigenvalue weighted by atomic mass is 35.5. The first-order chi connectivity index (χ1) is 8.23. The first kappa shape index (κ1) is 13.4. The van der Waals surface area contributed by atoms with Gasteiger partial charge in [-0.05, 0) is 48.9 Å². The van der Waals surface area contributed by atoms with Crippen molar-refractivity contribution in [1.29, 1.82) is 0 Å². The summed E-state index contributed by atoms with van der Waals surface area (Å²) in [4.78, 5) is 11.4. The smallest absolute Gasteiger partial charge is 0.311 e. The van der Waals surface area contributed by atoms with E-state index >= 15 is 0 Å². The van der Waals surface area contributed by atoms with Crippen molar-refractivity contribution >= 4 is 18.4 Å². The van der Waals surface area contributed by atoms with E-state index < -0.39 is 5.97 Å². The zero-order valence-electron chi connectivity index (χ0n) is 10.2. The first-order valence-corrected chi connectivity index (χ1v) is 6.26. The van der Waals surface area contributed by atoms with Crippen LogP contribution in [0, 0.1) is 0 Å². The number of nitrogens with one attached hydrogen (secondary N) is 1. The van der Waals surface area contributed by atoms with Crippen LogP contribution in [0.25, 0.3) is 0 Å². The first-order valence-electron chi connectivity index (χ1n) is 6.26. The molecule has 1 spiro atoms. The third kappa shape index (κ3) is 1.91. The molecule has 1 aliphatic carbocycles. The Bertz CT molecular complexity index is 455. The summed E-state index contributed by atoms with van der Waals surface area (Å²) in [6.07, 6.45) is 2.91. The van der Waals surface area contributed by atoms with E-state index in [2.05, 4.69) is 11.4 Å². The van der Waals surface area contributed by atoms with Gasteiger partial charge in [-0.25, -0.2) is 0 Å². The Morgan fingerprint density at radius 1 is 1.28 bits per heavy atom. The van der Waals surface area contributed by atoms with Crippen molar-refractivity contribution in [3.63, 3.8) is 0 Å². The number of rotatable bonds is 1. The van der Waals surface area contributed by atoms with Crippen molar-refractivity contribution in [1.82, 2.24) is 5.32 Å². The molecular weight excluding hydrogens is 250 g/mol. The van der Waals surface area contributed by atoms with Crippen molar-refractivity contribution in [2.75, 3.05) is 13.1 Å². The maximum Gasteiger partial charge on any atom is 0.311 e. The van der Waals surface area contributed by atoms with E-state index in [-0.39, 0.29) is 23.7 Å². The predicted octanol–water partition coefficient (Wildman–Crippen LogP) is 2.30. The molecule has 4 heteroatoms. The van der Waals surface area contributed by atoms with Gasteiger partial charge in [-0.15, -0.1) is 12.4 Å². The maximum atomic E-state index is 11.4. The molecular formula is C14H18ClNO2. The van der Waals surface area contributed by atoms with E-state index in [4.69, 9.17) is 0 Å². The minimum atomic E-state index is -0.673.